The predicted molar refractivity (Wildman–Crippen MR) is 104 cm³/mol. The van der Waals surface area contributed by atoms with E-state index in [0.29, 0.717) is 4.57 Å². The molecule has 2 aromatic heterocycles. The van der Waals surface area contributed by atoms with Gasteiger partial charge in [-0.05, 0) is 18.2 Å². The highest BCUT2D eigenvalue weighted by atomic mass is 35.5. The Balaban J connectivity index is 1.98. The summed E-state index contributed by atoms with van der Waals surface area (Å²) in [6.07, 6.45) is 1.23. The van der Waals surface area contributed by atoms with Crippen molar-refractivity contribution in [1.29, 1.82) is 0 Å². The number of nitrogens with zero attached hydrogens (tertiary/aromatic N) is 3. The van der Waals surface area contributed by atoms with Crippen molar-refractivity contribution < 1.29 is 24.2 Å². The highest BCUT2D eigenvalue weighted by molar-refractivity contribution is 6.30. The fraction of sp³-hybridized carbons (Fsp3) is 0.111. The summed E-state index contributed by atoms with van der Waals surface area (Å²) in [5, 5.41) is 22.6. The third-order valence-corrected chi connectivity index (χ3v) is 4.34. The Morgan fingerprint density at radius 1 is 1.27 bits per heavy atom. The molecule has 0 bridgehead atoms. The van der Waals surface area contributed by atoms with Crippen molar-refractivity contribution >= 4 is 23.2 Å². The Morgan fingerprint density at radius 3 is 2.57 bits per heavy atom. The van der Waals surface area contributed by atoms with Gasteiger partial charge in [0, 0.05) is 18.8 Å². The van der Waals surface area contributed by atoms with Gasteiger partial charge in [0.1, 0.15) is 18.6 Å². The highest BCUT2D eigenvalue weighted by Crippen LogP contribution is 2.31. The van der Waals surface area contributed by atoms with Gasteiger partial charge in [-0.15, -0.1) is 0 Å². The quantitative estimate of drug-likeness (QED) is 0.521. The van der Waals surface area contributed by atoms with Crippen LogP contribution in [0.25, 0.3) is 11.3 Å². The number of phenolic OH excluding ortho intramolecular Hbond substituents is 1. The summed E-state index contributed by atoms with van der Waals surface area (Å²) in [5.41, 5.74) is -3.00. The van der Waals surface area contributed by atoms with Crippen molar-refractivity contribution in [2.75, 3.05) is 12.4 Å². The number of amides is 1. The summed E-state index contributed by atoms with van der Waals surface area (Å²) < 4.78 is 14.9. The fourth-order valence-corrected chi connectivity index (χ4v) is 2.78. The van der Waals surface area contributed by atoms with Crippen molar-refractivity contribution in [2.45, 2.75) is 0 Å². The number of hydrogen-bond acceptors (Lipinski definition) is 7. The van der Waals surface area contributed by atoms with Crippen LogP contribution in [0, 0.1) is 5.82 Å². The lowest BCUT2D eigenvalue weighted by Gasteiger charge is -2.13. The molecule has 0 fully saturated rings. The van der Waals surface area contributed by atoms with Crippen molar-refractivity contribution in [1.82, 2.24) is 14.3 Å². The molecule has 156 valence electrons. The molecule has 0 aliphatic carbocycles. The van der Waals surface area contributed by atoms with Gasteiger partial charge in [0.15, 0.2) is 11.4 Å². The van der Waals surface area contributed by atoms with Crippen molar-refractivity contribution in [3.8, 4) is 22.9 Å². The van der Waals surface area contributed by atoms with E-state index in [1.807, 2.05) is 0 Å². The molecule has 0 unspecified atom stereocenters. The van der Waals surface area contributed by atoms with Crippen LogP contribution in [0.1, 0.15) is 10.4 Å². The van der Waals surface area contributed by atoms with E-state index in [2.05, 4.69) is 15.1 Å². The molecule has 0 saturated carbocycles. The van der Waals surface area contributed by atoms with E-state index in [1.54, 1.807) is 0 Å². The second-order valence-corrected chi connectivity index (χ2v) is 6.43. The van der Waals surface area contributed by atoms with E-state index in [0.717, 1.165) is 26.3 Å². The summed E-state index contributed by atoms with van der Waals surface area (Å²) in [6, 6.07) is 4.80. The Bertz CT molecular complexity index is 1290. The minimum atomic E-state index is -1.20. The van der Waals surface area contributed by atoms with Crippen molar-refractivity contribution in [3.05, 3.63) is 67.7 Å². The monoisotopic (exact) mass is 436 g/mol. The largest absolute Gasteiger partial charge is 0.506 e. The summed E-state index contributed by atoms with van der Waals surface area (Å²) in [4.78, 5) is 45.2. The van der Waals surface area contributed by atoms with E-state index in [9.17, 15) is 29.0 Å². The number of benzene rings is 1. The number of halogens is 2. The standard InChI is InChI=1S/C18H14ClFN4O6/c1-23-16(27)13(17(28)24(30-2)18(23)29)15(26)22-11-4-3-8(5-12(11)25)14-10(20)6-9(19)7-21-14/h3-7,25,27H,1-2H3,(H,22,26). The van der Waals surface area contributed by atoms with Gasteiger partial charge in [-0.3, -0.25) is 19.1 Å². The van der Waals surface area contributed by atoms with Gasteiger partial charge in [0.05, 0.1) is 10.7 Å². The molecule has 0 radical (unpaired) electrons. The first kappa shape index (κ1) is 20.9. The zero-order valence-electron chi connectivity index (χ0n) is 15.5. The first-order valence-corrected chi connectivity index (χ1v) is 8.58. The molecule has 0 atom stereocenters. The number of aromatic nitrogens is 3. The molecular weight excluding hydrogens is 423 g/mol. The van der Waals surface area contributed by atoms with Crippen LogP contribution >= 0.6 is 11.6 Å². The molecule has 1 amide bonds. The second-order valence-electron chi connectivity index (χ2n) is 5.99. The van der Waals surface area contributed by atoms with Crippen LogP contribution in [0.2, 0.25) is 5.02 Å². The molecule has 0 spiro atoms. The molecular formula is C18H14ClFN4O6. The number of phenols is 1. The van der Waals surface area contributed by atoms with E-state index in [4.69, 9.17) is 11.6 Å². The summed E-state index contributed by atoms with van der Waals surface area (Å²) in [7, 11) is 2.17. The van der Waals surface area contributed by atoms with E-state index in [-0.39, 0.29) is 26.7 Å². The second kappa shape index (κ2) is 7.87. The SMILES string of the molecule is COn1c(=O)c(C(=O)Nc2ccc(-c3ncc(Cl)cc3F)cc2O)c(O)n(C)c1=O. The van der Waals surface area contributed by atoms with Gasteiger partial charge >= 0.3 is 11.2 Å². The molecule has 3 aromatic rings. The number of rotatable bonds is 4. The summed E-state index contributed by atoms with van der Waals surface area (Å²) >= 11 is 5.67. The minimum Gasteiger partial charge on any atom is -0.506 e. The predicted octanol–water partition coefficient (Wildman–Crippen LogP) is 1.12. The Morgan fingerprint density at radius 2 is 1.97 bits per heavy atom. The molecule has 0 aliphatic rings. The topological polar surface area (TPSA) is 136 Å². The van der Waals surface area contributed by atoms with Crippen LogP contribution in [-0.4, -0.2) is 37.5 Å². The normalized spacial score (nSPS) is 10.7. The molecule has 3 N–H and O–H groups in total. The molecule has 10 nitrogen and oxygen atoms in total. The van der Waals surface area contributed by atoms with E-state index in [1.165, 1.54) is 18.3 Å². The van der Waals surface area contributed by atoms with Crippen LogP contribution in [0.5, 0.6) is 11.6 Å². The Labute approximate surface area is 172 Å². The van der Waals surface area contributed by atoms with Gasteiger partial charge in [-0.25, -0.2) is 9.18 Å². The molecule has 2 heterocycles. The van der Waals surface area contributed by atoms with Crippen molar-refractivity contribution in [2.24, 2.45) is 7.05 Å². The smallest absolute Gasteiger partial charge is 0.367 e. The lowest BCUT2D eigenvalue weighted by Crippen LogP contribution is -2.45. The Kier molecular flexibility index (Phi) is 5.47. The third kappa shape index (κ3) is 3.57. The summed E-state index contributed by atoms with van der Waals surface area (Å²) in [5.74, 6) is -3.18. The van der Waals surface area contributed by atoms with Crippen molar-refractivity contribution in [3.63, 3.8) is 0 Å². The van der Waals surface area contributed by atoms with Gasteiger partial charge in [-0.1, -0.05) is 22.4 Å². The number of anilines is 1. The third-order valence-electron chi connectivity index (χ3n) is 4.14. The number of pyridine rings is 1. The zero-order valence-corrected chi connectivity index (χ0v) is 16.3. The van der Waals surface area contributed by atoms with Crippen LogP contribution in [0.3, 0.4) is 0 Å². The maximum Gasteiger partial charge on any atom is 0.367 e. The van der Waals surface area contributed by atoms with Crippen LogP contribution in [0.15, 0.2) is 40.1 Å². The first-order chi connectivity index (χ1) is 14.1. The molecule has 12 heteroatoms. The number of nitrogens with one attached hydrogen (secondary N) is 1. The first-order valence-electron chi connectivity index (χ1n) is 8.21. The molecule has 0 aliphatic heterocycles. The van der Waals surface area contributed by atoms with Gasteiger partial charge < -0.3 is 20.4 Å². The number of aromatic hydroxyl groups is 2. The van der Waals surface area contributed by atoms with Crippen LogP contribution in [0.4, 0.5) is 10.1 Å². The summed E-state index contributed by atoms with van der Waals surface area (Å²) in [6.45, 7) is 0. The van der Waals surface area contributed by atoms with Gasteiger partial charge in [0.25, 0.3) is 5.91 Å². The highest BCUT2D eigenvalue weighted by Gasteiger charge is 2.24. The van der Waals surface area contributed by atoms with Gasteiger partial charge in [0.2, 0.25) is 5.88 Å². The molecule has 30 heavy (non-hydrogen) atoms. The Hall–Kier alpha value is -3.86. The average Bonchev–Trinajstić information content (AvgIpc) is 2.68. The molecule has 0 saturated heterocycles. The fourth-order valence-electron chi connectivity index (χ4n) is 2.63. The lowest BCUT2D eigenvalue weighted by molar-refractivity contribution is 0.0997. The molecule has 1 aromatic carbocycles. The zero-order chi connectivity index (χ0) is 22.2. The van der Waals surface area contributed by atoms with E-state index >= 15 is 0 Å². The number of carbonyl (C=O) groups is 1. The molecule has 3 rings (SSSR count). The maximum atomic E-state index is 14.0. The van der Waals surface area contributed by atoms with E-state index < -0.39 is 40.2 Å². The minimum absolute atomic E-state index is 0.0775. The van der Waals surface area contributed by atoms with Crippen LogP contribution < -0.4 is 21.4 Å². The number of hydrogen-bond donors (Lipinski definition) is 3. The lowest BCUT2D eigenvalue weighted by atomic mass is 10.1. The number of carbonyl (C=O) groups excluding carboxylic acids is 1. The van der Waals surface area contributed by atoms with Gasteiger partial charge in [-0.2, -0.15) is 0 Å². The average molecular weight is 437 g/mol. The van der Waals surface area contributed by atoms with Crippen LogP contribution in [-0.2, 0) is 7.05 Å². The maximum absolute atomic E-state index is 14.0.